The van der Waals surface area contributed by atoms with E-state index in [0.717, 1.165) is 11.3 Å². The quantitative estimate of drug-likeness (QED) is 0.740. The average molecular weight is 257 g/mol. The first-order valence-electron chi connectivity index (χ1n) is 5.92. The van der Waals surface area contributed by atoms with Crippen LogP contribution < -0.4 is 5.32 Å². The third-order valence-corrected chi connectivity index (χ3v) is 2.82. The summed E-state index contributed by atoms with van der Waals surface area (Å²) >= 11 is 0. The van der Waals surface area contributed by atoms with E-state index in [1.165, 1.54) is 12.1 Å². The summed E-state index contributed by atoms with van der Waals surface area (Å²) in [5.74, 6) is -0.580. The summed E-state index contributed by atoms with van der Waals surface area (Å²) in [6.45, 7) is 1.92. The number of rotatable bonds is 3. The Kier molecular flexibility index (Phi) is 3.71. The lowest BCUT2D eigenvalue weighted by Gasteiger charge is -2.08. The van der Waals surface area contributed by atoms with Gasteiger partial charge in [-0.1, -0.05) is 24.3 Å². The van der Waals surface area contributed by atoms with Crippen LogP contribution in [0.4, 0.5) is 5.69 Å². The average Bonchev–Trinajstić information content (AvgIpc) is 2.37. The lowest BCUT2D eigenvalue weighted by Crippen LogP contribution is -2.15. The van der Waals surface area contributed by atoms with Crippen LogP contribution in [-0.4, -0.2) is 16.1 Å². The van der Waals surface area contributed by atoms with E-state index < -0.39 is 0 Å². The number of carbonyl (C=O) groups excluding carboxylic acids is 1. The number of amides is 1. The molecule has 2 rings (SSSR count). The first-order chi connectivity index (χ1) is 9.06. The van der Waals surface area contributed by atoms with Gasteiger partial charge in [-0.05, 0) is 36.2 Å². The smallest absolute Gasteiger partial charge is 0.228 e. The summed E-state index contributed by atoms with van der Waals surface area (Å²) in [6.07, 6.45) is 0.141. The predicted octanol–water partition coefficient (Wildman–Crippen LogP) is 2.59. The fourth-order valence-corrected chi connectivity index (χ4v) is 1.77. The molecule has 2 aromatic rings. The monoisotopic (exact) mass is 257 g/mol. The number of nitrogens with one attached hydrogen (secondary N) is 1. The zero-order valence-electron chi connectivity index (χ0n) is 10.6. The maximum absolute atomic E-state index is 11.9. The lowest BCUT2D eigenvalue weighted by molar-refractivity contribution is -0.115. The first-order valence-corrected chi connectivity index (χ1v) is 5.92. The van der Waals surface area contributed by atoms with Gasteiger partial charge in [-0.3, -0.25) is 4.79 Å². The molecule has 0 aromatic heterocycles. The summed E-state index contributed by atoms with van der Waals surface area (Å²) in [5, 5.41) is 21.4. The Morgan fingerprint density at radius 3 is 2.53 bits per heavy atom. The van der Waals surface area contributed by atoms with Crippen molar-refractivity contribution in [3.63, 3.8) is 0 Å². The number of phenols is 2. The molecule has 4 heteroatoms. The normalized spacial score (nSPS) is 10.2. The third kappa shape index (κ3) is 3.25. The van der Waals surface area contributed by atoms with Crippen LogP contribution in [0.3, 0.4) is 0 Å². The minimum atomic E-state index is -0.221. The Labute approximate surface area is 111 Å². The van der Waals surface area contributed by atoms with Gasteiger partial charge < -0.3 is 15.5 Å². The standard InChI is InChI=1S/C15H15NO3/c1-10-4-2-3-5-12(10)16-15(19)9-11-6-7-13(17)14(18)8-11/h2-8,17-18H,9H2,1H3,(H,16,19). The number of aryl methyl sites for hydroxylation is 1. The summed E-state index contributed by atoms with van der Waals surface area (Å²) in [6, 6.07) is 11.9. The van der Waals surface area contributed by atoms with E-state index in [1.807, 2.05) is 31.2 Å². The van der Waals surface area contributed by atoms with Crippen molar-refractivity contribution >= 4 is 11.6 Å². The van der Waals surface area contributed by atoms with Crippen LogP contribution in [0.1, 0.15) is 11.1 Å². The summed E-state index contributed by atoms with van der Waals surface area (Å²) in [7, 11) is 0. The Balaban J connectivity index is 2.05. The second-order valence-corrected chi connectivity index (χ2v) is 4.36. The molecule has 98 valence electrons. The summed E-state index contributed by atoms with van der Waals surface area (Å²) in [4.78, 5) is 11.9. The summed E-state index contributed by atoms with van der Waals surface area (Å²) < 4.78 is 0. The van der Waals surface area contributed by atoms with Crippen molar-refractivity contribution in [3.05, 3.63) is 53.6 Å². The van der Waals surface area contributed by atoms with Crippen molar-refractivity contribution in [3.8, 4) is 11.5 Å². The number of anilines is 1. The molecule has 0 radical (unpaired) electrons. The minimum absolute atomic E-state index is 0.141. The van der Waals surface area contributed by atoms with Crippen LogP contribution in [-0.2, 0) is 11.2 Å². The highest BCUT2D eigenvalue weighted by molar-refractivity contribution is 5.93. The molecule has 0 heterocycles. The van der Waals surface area contributed by atoms with Crippen molar-refractivity contribution in [1.82, 2.24) is 0 Å². The molecule has 0 atom stereocenters. The molecule has 1 amide bonds. The SMILES string of the molecule is Cc1ccccc1NC(=O)Cc1ccc(O)c(O)c1. The zero-order valence-corrected chi connectivity index (χ0v) is 10.6. The largest absolute Gasteiger partial charge is 0.504 e. The van der Waals surface area contributed by atoms with Crippen LogP contribution in [0.25, 0.3) is 0 Å². The maximum Gasteiger partial charge on any atom is 0.228 e. The van der Waals surface area contributed by atoms with Gasteiger partial charge in [0.05, 0.1) is 6.42 Å². The Bertz CT molecular complexity index is 608. The number of hydrogen-bond donors (Lipinski definition) is 3. The van der Waals surface area contributed by atoms with Crippen molar-refractivity contribution in [1.29, 1.82) is 0 Å². The Morgan fingerprint density at radius 1 is 1.11 bits per heavy atom. The van der Waals surface area contributed by atoms with E-state index in [-0.39, 0.29) is 23.8 Å². The molecule has 0 spiro atoms. The third-order valence-electron chi connectivity index (χ3n) is 2.82. The first kappa shape index (κ1) is 13.0. The molecule has 0 aliphatic rings. The van der Waals surface area contributed by atoms with Crippen molar-refractivity contribution in [2.24, 2.45) is 0 Å². The van der Waals surface area contributed by atoms with E-state index in [1.54, 1.807) is 6.07 Å². The molecule has 0 saturated carbocycles. The van der Waals surface area contributed by atoms with Crippen LogP contribution in [0.15, 0.2) is 42.5 Å². The van der Waals surface area contributed by atoms with E-state index in [0.29, 0.717) is 5.56 Å². The second kappa shape index (κ2) is 5.44. The lowest BCUT2D eigenvalue weighted by atomic mass is 10.1. The number of phenolic OH excluding ortho intramolecular Hbond substituents is 2. The molecular formula is C15H15NO3. The Morgan fingerprint density at radius 2 is 1.84 bits per heavy atom. The van der Waals surface area contributed by atoms with Gasteiger partial charge in [0.15, 0.2) is 11.5 Å². The van der Waals surface area contributed by atoms with Gasteiger partial charge in [0.1, 0.15) is 0 Å². The summed E-state index contributed by atoms with van der Waals surface area (Å²) in [5.41, 5.74) is 2.40. The fourth-order valence-electron chi connectivity index (χ4n) is 1.77. The molecule has 0 saturated heterocycles. The van der Waals surface area contributed by atoms with E-state index in [9.17, 15) is 15.0 Å². The predicted molar refractivity (Wildman–Crippen MR) is 73.3 cm³/mol. The van der Waals surface area contributed by atoms with Crippen LogP contribution in [0.2, 0.25) is 0 Å². The topological polar surface area (TPSA) is 69.6 Å². The van der Waals surface area contributed by atoms with Crippen molar-refractivity contribution in [2.75, 3.05) is 5.32 Å². The number of para-hydroxylation sites is 1. The maximum atomic E-state index is 11.9. The van der Waals surface area contributed by atoms with Gasteiger partial charge in [0.25, 0.3) is 0 Å². The number of hydrogen-bond acceptors (Lipinski definition) is 3. The molecular weight excluding hydrogens is 242 g/mol. The molecule has 0 aliphatic carbocycles. The van der Waals surface area contributed by atoms with Crippen LogP contribution in [0.5, 0.6) is 11.5 Å². The van der Waals surface area contributed by atoms with Gasteiger partial charge >= 0.3 is 0 Å². The molecule has 4 nitrogen and oxygen atoms in total. The van der Waals surface area contributed by atoms with Gasteiger partial charge in [-0.2, -0.15) is 0 Å². The second-order valence-electron chi connectivity index (χ2n) is 4.36. The van der Waals surface area contributed by atoms with Gasteiger partial charge in [-0.15, -0.1) is 0 Å². The fraction of sp³-hybridized carbons (Fsp3) is 0.133. The number of carbonyl (C=O) groups is 1. The number of benzene rings is 2. The van der Waals surface area contributed by atoms with Crippen molar-refractivity contribution in [2.45, 2.75) is 13.3 Å². The molecule has 3 N–H and O–H groups in total. The van der Waals surface area contributed by atoms with Gasteiger partial charge in [-0.25, -0.2) is 0 Å². The van der Waals surface area contributed by atoms with E-state index >= 15 is 0 Å². The molecule has 2 aromatic carbocycles. The van der Waals surface area contributed by atoms with Crippen molar-refractivity contribution < 1.29 is 15.0 Å². The van der Waals surface area contributed by atoms with E-state index in [4.69, 9.17) is 0 Å². The highest BCUT2D eigenvalue weighted by Crippen LogP contribution is 2.25. The molecule has 19 heavy (non-hydrogen) atoms. The minimum Gasteiger partial charge on any atom is -0.504 e. The molecule has 0 bridgehead atoms. The number of aromatic hydroxyl groups is 2. The molecule has 0 unspecified atom stereocenters. The zero-order chi connectivity index (χ0) is 13.8. The molecule has 0 aliphatic heterocycles. The highest BCUT2D eigenvalue weighted by atomic mass is 16.3. The highest BCUT2D eigenvalue weighted by Gasteiger charge is 2.07. The van der Waals surface area contributed by atoms with Crippen LogP contribution in [0, 0.1) is 6.92 Å². The van der Waals surface area contributed by atoms with Crippen LogP contribution >= 0.6 is 0 Å². The van der Waals surface area contributed by atoms with Gasteiger partial charge in [0.2, 0.25) is 5.91 Å². The molecule has 0 fully saturated rings. The van der Waals surface area contributed by atoms with E-state index in [2.05, 4.69) is 5.32 Å². The van der Waals surface area contributed by atoms with Gasteiger partial charge in [0, 0.05) is 5.69 Å². The Hall–Kier alpha value is -2.49.